The molecule has 0 bridgehead atoms. The van der Waals surface area contributed by atoms with E-state index in [0.29, 0.717) is 11.4 Å². The molecule has 1 aromatic carbocycles. The number of nitrogen functional groups attached to an aromatic ring is 1. The van der Waals surface area contributed by atoms with Crippen LogP contribution >= 0.6 is 0 Å². The smallest absolute Gasteiger partial charge is 0.0411 e. The standard InChI is InChI=1S/C10H14N2.2C2H6/c1-6-4-7(2)10(8(3)11)9(12)5-6;2*1-2/h4-5,11H,12H2,1-3H3;2*1-2H3. The molecule has 0 saturated heterocycles. The van der Waals surface area contributed by atoms with E-state index in [9.17, 15) is 0 Å². The molecule has 0 radical (unpaired) electrons. The maximum absolute atomic E-state index is 7.51. The van der Waals surface area contributed by atoms with Crippen LogP contribution in [0, 0.1) is 19.3 Å². The molecule has 0 aliphatic carbocycles. The Kier molecular flexibility index (Phi) is 9.57. The molecule has 0 fully saturated rings. The summed E-state index contributed by atoms with van der Waals surface area (Å²) in [6.45, 7) is 13.7. The lowest BCUT2D eigenvalue weighted by molar-refractivity contribution is 1.34. The van der Waals surface area contributed by atoms with E-state index in [-0.39, 0.29) is 0 Å². The van der Waals surface area contributed by atoms with Gasteiger partial charge < -0.3 is 11.1 Å². The van der Waals surface area contributed by atoms with Gasteiger partial charge in [0.05, 0.1) is 0 Å². The molecule has 0 spiro atoms. The van der Waals surface area contributed by atoms with Gasteiger partial charge in [0.2, 0.25) is 0 Å². The van der Waals surface area contributed by atoms with Gasteiger partial charge in [0.1, 0.15) is 0 Å². The van der Waals surface area contributed by atoms with Crippen molar-refractivity contribution in [3.63, 3.8) is 0 Å². The van der Waals surface area contributed by atoms with Crippen LogP contribution < -0.4 is 5.73 Å². The van der Waals surface area contributed by atoms with Crippen LogP contribution in [0.15, 0.2) is 12.1 Å². The van der Waals surface area contributed by atoms with E-state index in [4.69, 9.17) is 11.1 Å². The van der Waals surface area contributed by atoms with Gasteiger partial charge in [-0.05, 0) is 38.0 Å². The number of rotatable bonds is 1. The van der Waals surface area contributed by atoms with Gasteiger partial charge in [-0.15, -0.1) is 0 Å². The van der Waals surface area contributed by atoms with Crippen molar-refractivity contribution in [1.29, 1.82) is 5.41 Å². The molecule has 2 heteroatoms. The topological polar surface area (TPSA) is 49.9 Å². The average Bonchev–Trinajstić information content (AvgIpc) is 2.21. The maximum atomic E-state index is 7.51. The summed E-state index contributed by atoms with van der Waals surface area (Å²) in [4.78, 5) is 0. The fourth-order valence-electron chi connectivity index (χ4n) is 1.51. The predicted molar refractivity (Wildman–Crippen MR) is 75.5 cm³/mol. The minimum absolute atomic E-state index is 0.532. The highest BCUT2D eigenvalue weighted by atomic mass is 14.6. The Hall–Kier alpha value is -1.31. The fourth-order valence-corrected chi connectivity index (χ4v) is 1.51. The summed E-state index contributed by atoms with van der Waals surface area (Å²) in [5.74, 6) is 0. The molecule has 92 valence electrons. The molecular weight excluding hydrogens is 196 g/mol. The number of anilines is 1. The third-order valence-electron chi connectivity index (χ3n) is 1.89. The zero-order chi connectivity index (χ0) is 13.3. The second kappa shape index (κ2) is 8.96. The van der Waals surface area contributed by atoms with Crippen LogP contribution in [-0.2, 0) is 0 Å². The van der Waals surface area contributed by atoms with Crippen LogP contribution in [0.4, 0.5) is 5.69 Å². The maximum Gasteiger partial charge on any atom is 0.0411 e. The Balaban J connectivity index is 0. The summed E-state index contributed by atoms with van der Waals surface area (Å²) in [6.07, 6.45) is 0. The first-order valence-electron chi connectivity index (χ1n) is 5.94. The SMILES string of the molecule is CC.CC.CC(=N)c1c(C)cc(C)cc1N. The van der Waals surface area contributed by atoms with Gasteiger partial charge >= 0.3 is 0 Å². The van der Waals surface area contributed by atoms with Gasteiger partial charge in [0, 0.05) is 17.0 Å². The van der Waals surface area contributed by atoms with E-state index < -0.39 is 0 Å². The number of nitrogens with one attached hydrogen (secondary N) is 1. The van der Waals surface area contributed by atoms with Crippen LogP contribution in [0.2, 0.25) is 0 Å². The highest BCUT2D eigenvalue weighted by Gasteiger charge is 2.05. The van der Waals surface area contributed by atoms with E-state index in [1.807, 2.05) is 53.7 Å². The molecule has 0 atom stereocenters. The Morgan fingerprint density at radius 3 is 1.81 bits per heavy atom. The summed E-state index contributed by atoms with van der Waals surface area (Å²) in [6, 6.07) is 3.95. The molecule has 0 saturated carbocycles. The van der Waals surface area contributed by atoms with Crippen LogP contribution in [0.5, 0.6) is 0 Å². The largest absolute Gasteiger partial charge is 0.398 e. The van der Waals surface area contributed by atoms with Crippen molar-refractivity contribution >= 4 is 11.4 Å². The van der Waals surface area contributed by atoms with E-state index in [0.717, 1.165) is 16.7 Å². The first-order chi connectivity index (χ1) is 7.52. The van der Waals surface area contributed by atoms with Gasteiger partial charge in [-0.25, -0.2) is 0 Å². The molecule has 2 nitrogen and oxygen atoms in total. The van der Waals surface area contributed by atoms with Gasteiger partial charge in [-0.1, -0.05) is 33.8 Å². The first-order valence-corrected chi connectivity index (χ1v) is 5.94. The van der Waals surface area contributed by atoms with Gasteiger partial charge in [-0.3, -0.25) is 0 Å². The Morgan fingerprint density at radius 2 is 1.50 bits per heavy atom. The summed E-state index contributed by atoms with van der Waals surface area (Å²) in [7, 11) is 0. The zero-order valence-corrected chi connectivity index (χ0v) is 11.7. The lowest BCUT2D eigenvalue weighted by atomic mass is 10.0. The summed E-state index contributed by atoms with van der Waals surface area (Å²) in [5.41, 5.74) is 10.1. The van der Waals surface area contributed by atoms with Crippen molar-refractivity contribution < 1.29 is 0 Å². The summed E-state index contributed by atoms with van der Waals surface area (Å²) < 4.78 is 0. The van der Waals surface area contributed by atoms with Crippen LogP contribution in [-0.4, -0.2) is 5.71 Å². The minimum atomic E-state index is 0.532. The van der Waals surface area contributed by atoms with E-state index >= 15 is 0 Å². The van der Waals surface area contributed by atoms with Gasteiger partial charge in [-0.2, -0.15) is 0 Å². The average molecular weight is 222 g/mol. The summed E-state index contributed by atoms with van der Waals surface area (Å²) in [5, 5.41) is 7.51. The van der Waals surface area contributed by atoms with Crippen molar-refractivity contribution in [3.8, 4) is 0 Å². The second-order valence-electron chi connectivity index (χ2n) is 3.17. The number of benzene rings is 1. The molecular formula is C14H26N2. The zero-order valence-electron chi connectivity index (χ0n) is 11.7. The van der Waals surface area contributed by atoms with Crippen LogP contribution in [0.3, 0.4) is 0 Å². The van der Waals surface area contributed by atoms with Crippen molar-refractivity contribution in [1.82, 2.24) is 0 Å². The lowest BCUT2D eigenvalue weighted by Crippen LogP contribution is -2.02. The molecule has 0 heterocycles. The number of hydrogen-bond donors (Lipinski definition) is 2. The minimum Gasteiger partial charge on any atom is -0.398 e. The second-order valence-corrected chi connectivity index (χ2v) is 3.17. The van der Waals surface area contributed by atoms with Gasteiger partial charge in [0.15, 0.2) is 0 Å². The third-order valence-corrected chi connectivity index (χ3v) is 1.89. The molecule has 1 aromatic rings. The molecule has 0 unspecified atom stereocenters. The monoisotopic (exact) mass is 222 g/mol. The number of aryl methyl sites for hydroxylation is 2. The molecule has 3 N–H and O–H groups in total. The van der Waals surface area contributed by atoms with Crippen LogP contribution in [0.25, 0.3) is 0 Å². The predicted octanol–water partition coefficient (Wildman–Crippen LogP) is 4.33. The first kappa shape index (κ1) is 17.1. The van der Waals surface area contributed by atoms with Crippen molar-refractivity contribution in [2.75, 3.05) is 5.73 Å². The molecule has 0 aliphatic rings. The Labute approximate surface area is 100 Å². The third kappa shape index (κ3) is 4.96. The van der Waals surface area contributed by atoms with E-state index in [1.165, 1.54) is 0 Å². The Morgan fingerprint density at radius 1 is 1.06 bits per heavy atom. The van der Waals surface area contributed by atoms with Gasteiger partial charge in [0.25, 0.3) is 0 Å². The van der Waals surface area contributed by atoms with Crippen molar-refractivity contribution in [3.05, 3.63) is 28.8 Å². The normalized spacial score (nSPS) is 8.19. The highest BCUT2D eigenvalue weighted by molar-refractivity contribution is 6.02. The highest BCUT2D eigenvalue weighted by Crippen LogP contribution is 2.19. The number of hydrogen-bond acceptors (Lipinski definition) is 2. The molecule has 1 rings (SSSR count). The summed E-state index contributed by atoms with van der Waals surface area (Å²) >= 11 is 0. The quantitative estimate of drug-likeness (QED) is 0.539. The van der Waals surface area contributed by atoms with Crippen LogP contribution in [0.1, 0.15) is 51.3 Å². The molecule has 0 aliphatic heterocycles. The lowest BCUT2D eigenvalue weighted by Gasteiger charge is -2.08. The number of nitrogens with two attached hydrogens (primary N) is 1. The van der Waals surface area contributed by atoms with E-state index in [2.05, 4.69) is 0 Å². The van der Waals surface area contributed by atoms with Crippen molar-refractivity contribution in [2.45, 2.75) is 48.5 Å². The van der Waals surface area contributed by atoms with E-state index in [1.54, 1.807) is 6.92 Å². The Bertz CT molecular complexity index is 305. The fraction of sp³-hybridized carbons (Fsp3) is 0.500. The molecule has 0 aromatic heterocycles. The molecule has 16 heavy (non-hydrogen) atoms. The van der Waals surface area contributed by atoms with Crippen molar-refractivity contribution in [2.24, 2.45) is 0 Å². The molecule has 0 amide bonds.